The Balaban J connectivity index is 1.86. The zero-order valence-electron chi connectivity index (χ0n) is 14.5. The maximum atomic E-state index is 12.5. The second-order valence-corrected chi connectivity index (χ2v) is 6.78. The van der Waals surface area contributed by atoms with Crippen LogP contribution in [0.4, 0.5) is 5.69 Å². The van der Waals surface area contributed by atoms with E-state index in [1.807, 2.05) is 43.5 Å². The van der Waals surface area contributed by atoms with Crippen molar-refractivity contribution >= 4 is 39.1 Å². The number of esters is 1. The topological polar surface area (TPSA) is 60.3 Å². The highest BCUT2D eigenvalue weighted by Crippen LogP contribution is 2.26. The van der Waals surface area contributed by atoms with Crippen LogP contribution >= 0.6 is 11.3 Å². The van der Waals surface area contributed by atoms with Crippen LogP contribution < -0.4 is 5.32 Å². The normalized spacial score (nSPS) is 10.8. The molecule has 0 saturated heterocycles. The second kappa shape index (κ2) is 7.11. The number of rotatable bonds is 5. The number of aromatic nitrogens is 1. The average molecular weight is 356 g/mol. The molecular formula is C19H20N2O3S. The molecule has 0 unspecified atom stereocenters. The second-order valence-electron chi connectivity index (χ2n) is 5.88. The van der Waals surface area contributed by atoms with Crippen molar-refractivity contribution in [2.75, 3.05) is 11.9 Å². The van der Waals surface area contributed by atoms with Gasteiger partial charge in [-0.15, -0.1) is 11.3 Å². The molecule has 25 heavy (non-hydrogen) atoms. The van der Waals surface area contributed by atoms with E-state index in [4.69, 9.17) is 4.74 Å². The number of nitrogens with one attached hydrogen (secondary N) is 1. The van der Waals surface area contributed by atoms with Crippen molar-refractivity contribution in [3.8, 4) is 0 Å². The predicted molar refractivity (Wildman–Crippen MR) is 100 cm³/mol. The van der Waals surface area contributed by atoms with E-state index in [-0.39, 0.29) is 12.5 Å². The molecule has 0 spiro atoms. The molecule has 0 aliphatic heterocycles. The number of thiophene rings is 1. The summed E-state index contributed by atoms with van der Waals surface area (Å²) in [6.45, 7) is 6.09. The minimum atomic E-state index is -0.412. The first kappa shape index (κ1) is 17.2. The molecule has 0 radical (unpaired) electrons. The van der Waals surface area contributed by atoms with Crippen LogP contribution in [0, 0.1) is 13.8 Å². The summed E-state index contributed by atoms with van der Waals surface area (Å²) in [6.07, 6.45) is 0. The molecule has 0 aliphatic carbocycles. The Bertz CT molecular complexity index is 939. The van der Waals surface area contributed by atoms with Crippen LogP contribution in [-0.4, -0.2) is 23.1 Å². The Kier molecular flexibility index (Phi) is 4.90. The van der Waals surface area contributed by atoms with Crippen molar-refractivity contribution in [3.63, 3.8) is 0 Å². The summed E-state index contributed by atoms with van der Waals surface area (Å²) < 4.78 is 6.83. The van der Waals surface area contributed by atoms with Crippen molar-refractivity contribution in [3.05, 3.63) is 52.5 Å². The number of aryl methyl sites for hydroxylation is 2. The number of carbonyl (C=O) groups is 2. The minimum Gasteiger partial charge on any atom is -0.461 e. The van der Waals surface area contributed by atoms with E-state index >= 15 is 0 Å². The van der Waals surface area contributed by atoms with Crippen LogP contribution in [0.15, 0.2) is 35.7 Å². The molecule has 0 aliphatic rings. The molecule has 6 heteroatoms. The average Bonchev–Trinajstić information content (AvgIpc) is 3.13. The van der Waals surface area contributed by atoms with E-state index in [2.05, 4.69) is 5.32 Å². The maximum absolute atomic E-state index is 12.5. The molecule has 5 nitrogen and oxygen atoms in total. The molecule has 2 heterocycles. The Morgan fingerprint density at radius 2 is 2.00 bits per heavy atom. The summed E-state index contributed by atoms with van der Waals surface area (Å²) in [4.78, 5) is 25.6. The van der Waals surface area contributed by atoms with Gasteiger partial charge in [0.1, 0.15) is 17.1 Å². The first-order valence-corrected chi connectivity index (χ1v) is 8.98. The number of fused-ring (bicyclic) bond motifs is 1. The lowest BCUT2D eigenvalue weighted by atomic mass is 10.1. The van der Waals surface area contributed by atoms with E-state index in [0.29, 0.717) is 12.3 Å². The number of ether oxygens (including phenoxy) is 1. The van der Waals surface area contributed by atoms with E-state index in [0.717, 1.165) is 27.0 Å². The molecule has 130 valence electrons. The molecule has 0 atom stereocenters. The van der Waals surface area contributed by atoms with Gasteiger partial charge in [-0.25, -0.2) is 4.79 Å². The molecule has 2 aromatic heterocycles. The van der Waals surface area contributed by atoms with Crippen molar-refractivity contribution in [1.29, 1.82) is 0 Å². The Morgan fingerprint density at radius 1 is 1.20 bits per heavy atom. The number of anilines is 1. The number of benzene rings is 1. The van der Waals surface area contributed by atoms with Gasteiger partial charge < -0.3 is 14.6 Å². The smallest absolute Gasteiger partial charge is 0.355 e. The Morgan fingerprint density at radius 3 is 2.72 bits per heavy atom. The van der Waals surface area contributed by atoms with Gasteiger partial charge in [0.2, 0.25) is 5.91 Å². The largest absolute Gasteiger partial charge is 0.461 e. The van der Waals surface area contributed by atoms with Crippen molar-refractivity contribution in [2.24, 2.45) is 0 Å². The van der Waals surface area contributed by atoms with Gasteiger partial charge in [0.15, 0.2) is 0 Å². The summed E-state index contributed by atoms with van der Waals surface area (Å²) >= 11 is 1.50. The molecule has 3 aromatic rings. The molecule has 1 aromatic carbocycles. The third-order valence-electron chi connectivity index (χ3n) is 3.94. The third kappa shape index (κ3) is 3.58. The van der Waals surface area contributed by atoms with Crippen LogP contribution in [0.1, 0.15) is 28.5 Å². The number of nitrogens with zero attached hydrogens (tertiary/aromatic N) is 1. The van der Waals surface area contributed by atoms with Crippen molar-refractivity contribution < 1.29 is 14.3 Å². The number of hydrogen-bond donors (Lipinski definition) is 1. The van der Waals surface area contributed by atoms with Gasteiger partial charge in [0.05, 0.1) is 6.61 Å². The zero-order valence-corrected chi connectivity index (χ0v) is 15.3. The fourth-order valence-corrected chi connectivity index (χ4v) is 3.69. The van der Waals surface area contributed by atoms with Crippen LogP contribution in [-0.2, 0) is 16.1 Å². The standard InChI is InChI=1S/C19H20N2O3S/c1-4-24-19(23)16-10-14-7-8-25-18(14)21(16)11-17(22)20-15-6-5-12(2)9-13(15)3/h5-10H,4,11H2,1-3H3,(H,20,22). The fourth-order valence-electron chi connectivity index (χ4n) is 2.79. The lowest BCUT2D eigenvalue weighted by molar-refractivity contribution is -0.116. The van der Waals surface area contributed by atoms with E-state index in [1.54, 1.807) is 17.6 Å². The van der Waals surface area contributed by atoms with Gasteiger partial charge in [0.25, 0.3) is 0 Å². The molecule has 0 bridgehead atoms. The predicted octanol–water partition coefficient (Wildman–Crippen LogP) is 4.14. The lowest BCUT2D eigenvalue weighted by Crippen LogP contribution is -2.22. The van der Waals surface area contributed by atoms with Gasteiger partial charge in [-0.05, 0) is 49.9 Å². The van der Waals surface area contributed by atoms with Gasteiger partial charge in [-0.3, -0.25) is 4.79 Å². The summed E-state index contributed by atoms with van der Waals surface area (Å²) in [5.41, 5.74) is 3.33. The van der Waals surface area contributed by atoms with E-state index < -0.39 is 5.97 Å². The lowest BCUT2D eigenvalue weighted by Gasteiger charge is -2.12. The highest BCUT2D eigenvalue weighted by molar-refractivity contribution is 7.16. The SMILES string of the molecule is CCOC(=O)c1cc2ccsc2n1CC(=O)Nc1ccc(C)cc1C. The van der Waals surface area contributed by atoms with Crippen LogP contribution in [0.25, 0.3) is 10.2 Å². The fraction of sp³-hybridized carbons (Fsp3) is 0.263. The molecule has 0 saturated carbocycles. The number of carbonyl (C=O) groups excluding carboxylic acids is 2. The highest BCUT2D eigenvalue weighted by Gasteiger charge is 2.19. The van der Waals surface area contributed by atoms with Crippen molar-refractivity contribution in [2.45, 2.75) is 27.3 Å². The number of amides is 1. The summed E-state index contributed by atoms with van der Waals surface area (Å²) in [7, 11) is 0. The first-order chi connectivity index (χ1) is 12.0. The monoisotopic (exact) mass is 356 g/mol. The zero-order chi connectivity index (χ0) is 18.0. The van der Waals surface area contributed by atoms with Gasteiger partial charge in [-0.1, -0.05) is 17.7 Å². The first-order valence-electron chi connectivity index (χ1n) is 8.10. The highest BCUT2D eigenvalue weighted by atomic mass is 32.1. The Labute approximate surface area is 150 Å². The molecule has 1 amide bonds. The van der Waals surface area contributed by atoms with Gasteiger partial charge in [-0.2, -0.15) is 0 Å². The van der Waals surface area contributed by atoms with Crippen molar-refractivity contribution in [1.82, 2.24) is 4.57 Å². The van der Waals surface area contributed by atoms with Crippen LogP contribution in [0.5, 0.6) is 0 Å². The molecule has 1 N–H and O–H groups in total. The van der Waals surface area contributed by atoms with E-state index in [9.17, 15) is 9.59 Å². The molecule has 3 rings (SSSR count). The third-order valence-corrected chi connectivity index (χ3v) is 4.90. The van der Waals surface area contributed by atoms with Crippen LogP contribution in [0.2, 0.25) is 0 Å². The van der Waals surface area contributed by atoms with Crippen LogP contribution in [0.3, 0.4) is 0 Å². The quantitative estimate of drug-likeness (QED) is 0.699. The molecule has 0 fully saturated rings. The summed E-state index contributed by atoms with van der Waals surface area (Å²) in [5, 5.41) is 5.80. The summed E-state index contributed by atoms with van der Waals surface area (Å²) in [5.74, 6) is -0.589. The van der Waals surface area contributed by atoms with E-state index in [1.165, 1.54) is 11.3 Å². The number of hydrogen-bond acceptors (Lipinski definition) is 4. The molecular weight excluding hydrogens is 336 g/mol. The van der Waals surface area contributed by atoms with Gasteiger partial charge >= 0.3 is 5.97 Å². The summed E-state index contributed by atoms with van der Waals surface area (Å²) in [6, 6.07) is 9.58. The van der Waals surface area contributed by atoms with Gasteiger partial charge in [0, 0.05) is 11.1 Å². The Hall–Kier alpha value is -2.60. The maximum Gasteiger partial charge on any atom is 0.355 e. The minimum absolute atomic E-state index is 0.0610.